The van der Waals surface area contributed by atoms with Crippen molar-refractivity contribution in [1.82, 2.24) is 14.3 Å². The monoisotopic (exact) mass is 289 g/mol. The third kappa shape index (κ3) is 3.08. The Balaban J connectivity index is 2.36. The minimum atomic E-state index is -0.110. The van der Waals surface area contributed by atoms with E-state index in [0.29, 0.717) is 12.2 Å². The standard InChI is InChI=1S/C16H23N3O2/c1-4-13(5-2)18(9-10-20)16(21)14-11-19-12(3)7-6-8-15(19)17-14/h6-8,11,13,20H,4-5,9-10H2,1-3H3. The molecule has 2 rings (SSSR count). The summed E-state index contributed by atoms with van der Waals surface area (Å²) in [7, 11) is 0. The van der Waals surface area contributed by atoms with Gasteiger partial charge < -0.3 is 14.4 Å². The van der Waals surface area contributed by atoms with E-state index < -0.39 is 0 Å². The van der Waals surface area contributed by atoms with E-state index in [-0.39, 0.29) is 18.6 Å². The van der Waals surface area contributed by atoms with Crippen molar-refractivity contribution in [1.29, 1.82) is 0 Å². The molecule has 0 radical (unpaired) electrons. The number of carbonyl (C=O) groups excluding carboxylic acids is 1. The zero-order valence-electron chi connectivity index (χ0n) is 12.9. The number of aryl methyl sites for hydroxylation is 1. The lowest BCUT2D eigenvalue weighted by atomic mass is 10.1. The number of rotatable bonds is 6. The number of hydrogen-bond donors (Lipinski definition) is 1. The minimum absolute atomic E-state index is 0.0331. The summed E-state index contributed by atoms with van der Waals surface area (Å²) < 4.78 is 1.91. The zero-order valence-corrected chi connectivity index (χ0v) is 12.9. The highest BCUT2D eigenvalue weighted by Crippen LogP contribution is 2.15. The fraction of sp³-hybridized carbons (Fsp3) is 0.500. The van der Waals surface area contributed by atoms with E-state index in [1.807, 2.05) is 29.5 Å². The number of aliphatic hydroxyl groups is 1. The van der Waals surface area contributed by atoms with E-state index in [1.165, 1.54) is 0 Å². The largest absolute Gasteiger partial charge is 0.395 e. The van der Waals surface area contributed by atoms with Crippen molar-refractivity contribution in [3.63, 3.8) is 0 Å². The first kappa shape index (κ1) is 15.5. The maximum Gasteiger partial charge on any atom is 0.274 e. The molecule has 0 saturated heterocycles. The van der Waals surface area contributed by atoms with Gasteiger partial charge in [-0.1, -0.05) is 19.9 Å². The molecule has 0 atom stereocenters. The zero-order chi connectivity index (χ0) is 15.4. The van der Waals surface area contributed by atoms with Crippen molar-refractivity contribution in [2.75, 3.05) is 13.2 Å². The Labute approximate surface area is 125 Å². The molecule has 5 nitrogen and oxygen atoms in total. The molecule has 0 spiro atoms. The van der Waals surface area contributed by atoms with Crippen molar-refractivity contribution in [3.8, 4) is 0 Å². The molecule has 2 heterocycles. The van der Waals surface area contributed by atoms with E-state index in [1.54, 1.807) is 11.1 Å². The van der Waals surface area contributed by atoms with Crippen LogP contribution in [-0.2, 0) is 0 Å². The SMILES string of the molecule is CCC(CC)N(CCO)C(=O)c1cn2c(C)cccc2n1. The Bertz CT molecular complexity index is 617. The Morgan fingerprint density at radius 1 is 1.38 bits per heavy atom. The summed E-state index contributed by atoms with van der Waals surface area (Å²) in [6.07, 6.45) is 3.52. The fourth-order valence-corrected chi connectivity index (χ4v) is 2.69. The molecular formula is C16H23N3O2. The molecule has 0 bridgehead atoms. The van der Waals surface area contributed by atoms with Gasteiger partial charge in [0.05, 0.1) is 6.61 Å². The number of carbonyl (C=O) groups is 1. The van der Waals surface area contributed by atoms with Gasteiger partial charge in [0, 0.05) is 24.5 Å². The number of nitrogens with zero attached hydrogens (tertiary/aromatic N) is 3. The predicted octanol–water partition coefficient (Wildman–Crippen LogP) is 2.27. The van der Waals surface area contributed by atoms with Gasteiger partial charge in [0.15, 0.2) is 0 Å². The molecular weight excluding hydrogens is 266 g/mol. The maximum atomic E-state index is 12.7. The van der Waals surface area contributed by atoms with Gasteiger partial charge in [-0.25, -0.2) is 4.98 Å². The van der Waals surface area contributed by atoms with Crippen LogP contribution < -0.4 is 0 Å². The third-order valence-corrected chi connectivity index (χ3v) is 3.90. The lowest BCUT2D eigenvalue weighted by molar-refractivity contribution is 0.0617. The number of aliphatic hydroxyl groups excluding tert-OH is 1. The van der Waals surface area contributed by atoms with Crippen LogP contribution in [0, 0.1) is 6.92 Å². The van der Waals surface area contributed by atoms with E-state index in [4.69, 9.17) is 0 Å². The first-order valence-corrected chi connectivity index (χ1v) is 7.48. The molecule has 1 amide bonds. The number of hydrogen-bond acceptors (Lipinski definition) is 3. The average Bonchev–Trinajstić information content (AvgIpc) is 2.92. The second kappa shape index (κ2) is 6.72. The molecule has 0 unspecified atom stereocenters. The second-order valence-electron chi connectivity index (χ2n) is 5.21. The van der Waals surface area contributed by atoms with Gasteiger partial charge in [-0.2, -0.15) is 0 Å². The molecule has 2 aromatic heterocycles. The summed E-state index contributed by atoms with van der Waals surface area (Å²) in [4.78, 5) is 18.9. The molecule has 0 saturated carbocycles. The fourth-order valence-electron chi connectivity index (χ4n) is 2.69. The highest BCUT2D eigenvalue weighted by molar-refractivity contribution is 5.93. The van der Waals surface area contributed by atoms with Gasteiger partial charge in [-0.15, -0.1) is 0 Å². The summed E-state index contributed by atoms with van der Waals surface area (Å²) >= 11 is 0. The predicted molar refractivity (Wildman–Crippen MR) is 82.4 cm³/mol. The molecule has 0 aliphatic carbocycles. The van der Waals surface area contributed by atoms with Crippen molar-refractivity contribution < 1.29 is 9.90 Å². The van der Waals surface area contributed by atoms with Gasteiger partial charge in [0.25, 0.3) is 5.91 Å². The van der Waals surface area contributed by atoms with E-state index in [2.05, 4.69) is 18.8 Å². The van der Waals surface area contributed by atoms with Gasteiger partial charge in [0.2, 0.25) is 0 Å². The summed E-state index contributed by atoms with van der Waals surface area (Å²) in [5, 5.41) is 9.24. The maximum absolute atomic E-state index is 12.7. The average molecular weight is 289 g/mol. The number of fused-ring (bicyclic) bond motifs is 1. The Hall–Kier alpha value is -1.88. The molecule has 1 N–H and O–H groups in total. The molecule has 2 aromatic rings. The normalized spacial score (nSPS) is 11.3. The van der Waals surface area contributed by atoms with Gasteiger partial charge in [-0.3, -0.25) is 4.79 Å². The van der Waals surface area contributed by atoms with Crippen molar-refractivity contribution in [2.45, 2.75) is 39.7 Å². The Morgan fingerprint density at radius 2 is 2.10 bits per heavy atom. The number of imidazole rings is 1. The van der Waals surface area contributed by atoms with Crippen molar-refractivity contribution >= 4 is 11.6 Å². The lowest BCUT2D eigenvalue weighted by Gasteiger charge is -2.29. The van der Waals surface area contributed by atoms with Crippen LogP contribution in [0.15, 0.2) is 24.4 Å². The summed E-state index contributed by atoms with van der Waals surface area (Å²) in [5.41, 5.74) is 2.24. The highest BCUT2D eigenvalue weighted by Gasteiger charge is 2.24. The van der Waals surface area contributed by atoms with Crippen LogP contribution in [0.25, 0.3) is 5.65 Å². The summed E-state index contributed by atoms with van der Waals surface area (Å²) in [6.45, 7) is 6.40. The van der Waals surface area contributed by atoms with Crippen LogP contribution in [0.4, 0.5) is 0 Å². The van der Waals surface area contributed by atoms with Gasteiger partial charge in [-0.05, 0) is 31.9 Å². The van der Waals surface area contributed by atoms with Gasteiger partial charge in [0.1, 0.15) is 11.3 Å². The van der Waals surface area contributed by atoms with Crippen LogP contribution >= 0.6 is 0 Å². The molecule has 0 aliphatic rings. The second-order valence-corrected chi connectivity index (χ2v) is 5.21. The van der Waals surface area contributed by atoms with E-state index in [0.717, 1.165) is 24.2 Å². The lowest BCUT2D eigenvalue weighted by Crippen LogP contribution is -2.41. The molecule has 5 heteroatoms. The van der Waals surface area contributed by atoms with Gasteiger partial charge >= 0.3 is 0 Å². The van der Waals surface area contributed by atoms with Crippen LogP contribution in [0.5, 0.6) is 0 Å². The summed E-state index contributed by atoms with van der Waals surface area (Å²) in [6, 6.07) is 5.93. The minimum Gasteiger partial charge on any atom is -0.395 e. The van der Waals surface area contributed by atoms with Crippen LogP contribution in [0.2, 0.25) is 0 Å². The van der Waals surface area contributed by atoms with Crippen molar-refractivity contribution in [3.05, 3.63) is 35.8 Å². The van der Waals surface area contributed by atoms with E-state index in [9.17, 15) is 9.90 Å². The summed E-state index contributed by atoms with van der Waals surface area (Å²) in [5.74, 6) is -0.110. The number of amides is 1. The quantitative estimate of drug-likeness (QED) is 0.887. The van der Waals surface area contributed by atoms with Crippen LogP contribution in [0.1, 0.15) is 42.9 Å². The smallest absolute Gasteiger partial charge is 0.274 e. The molecule has 21 heavy (non-hydrogen) atoms. The number of pyridine rings is 1. The molecule has 0 aromatic carbocycles. The van der Waals surface area contributed by atoms with E-state index >= 15 is 0 Å². The number of aromatic nitrogens is 2. The van der Waals surface area contributed by atoms with Crippen LogP contribution in [0.3, 0.4) is 0 Å². The van der Waals surface area contributed by atoms with Crippen molar-refractivity contribution in [2.24, 2.45) is 0 Å². The Kier molecular flexibility index (Phi) is 4.96. The topological polar surface area (TPSA) is 57.8 Å². The highest BCUT2D eigenvalue weighted by atomic mass is 16.3. The molecule has 114 valence electrons. The van der Waals surface area contributed by atoms with Crippen LogP contribution in [-0.4, -0.2) is 44.5 Å². The molecule has 0 fully saturated rings. The third-order valence-electron chi connectivity index (χ3n) is 3.90. The Morgan fingerprint density at radius 3 is 2.67 bits per heavy atom. The molecule has 0 aliphatic heterocycles. The first-order valence-electron chi connectivity index (χ1n) is 7.48. The first-order chi connectivity index (χ1) is 10.1.